The summed E-state index contributed by atoms with van der Waals surface area (Å²) in [6, 6.07) is -23.3. The molecule has 0 aliphatic carbocycles. The Morgan fingerprint density at radius 1 is 0.294 bits per heavy atom. The Labute approximate surface area is 837 Å². The van der Waals surface area contributed by atoms with E-state index in [4.69, 9.17) is 98.7 Å². The molecule has 6 aromatic heterocycles. The number of fused-ring (bicyclic) bond motifs is 6. The third kappa shape index (κ3) is 26.5. The minimum atomic E-state index is -3.38. The van der Waals surface area contributed by atoms with Crippen molar-refractivity contribution in [1.29, 1.82) is 0 Å². The maximum Gasteiger partial charge on any atom is 0.407 e. The van der Waals surface area contributed by atoms with E-state index in [0.717, 1.165) is 30.5 Å². The van der Waals surface area contributed by atoms with Gasteiger partial charge >= 0.3 is 36.6 Å². The summed E-state index contributed by atoms with van der Waals surface area (Å²) < 4.78 is 607. The van der Waals surface area contributed by atoms with Crippen LogP contribution in [0.4, 0.5) is 28.8 Å². The molecule has 12 heterocycles. The van der Waals surface area contributed by atoms with Crippen LogP contribution in [0, 0.1) is 0 Å². The van der Waals surface area contributed by atoms with Crippen molar-refractivity contribution in [3.8, 4) is 0 Å². The zero-order chi connectivity index (χ0) is 152. The van der Waals surface area contributed by atoms with Gasteiger partial charge in [-0.1, -0.05) is 36.3 Å². The maximum atomic E-state index is 11.6. The van der Waals surface area contributed by atoms with Gasteiger partial charge in [0.15, 0.2) is 0 Å². The number of aryl methyl sites for hydroxylation is 3. The molecular formula is C96H126N18O12. The van der Waals surface area contributed by atoms with Gasteiger partial charge in [-0.25, -0.2) is 28.8 Å². The summed E-state index contributed by atoms with van der Waals surface area (Å²) in [6.07, 6.45) is -26.2. The molecular weight excluding hydrogens is 1600 g/mol. The Kier molecular flexibility index (Phi) is 12.9. The Balaban J connectivity index is 0.000000191. The Morgan fingerprint density at radius 3 is 0.730 bits per heavy atom. The van der Waals surface area contributed by atoms with Crippen LogP contribution >= 0.6 is 0 Å². The van der Waals surface area contributed by atoms with Gasteiger partial charge in [-0.15, -0.1) is 0 Å². The number of aromatic nitrogens is 6. The van der Waals surface area contributed by atoms with E-state index in [1.807, 2.05) is 26.6 Å². The fourth-order valence-corrected chi connectivity index (χ4v) is 11.2. The highest BCUT2D eigenvalue weighted by Gasteiger charge is 2.29. The summed E-state index contributed by atoms with van der Waals surface area (Å²) in [5.74, 6) is 0. The van der Waals surface area contributed by atoms with Gasteiger partial charge in [0, 0.05) is 199 Å². The molecule has 6 saturated heterocycles. The van der Waals surface area contributed by atoms with Crippen molar-refractivity contribution in [2.75, 3.05) is 163 Å². The summed E-state index contributed by atoms with van der Waals surface area (Å²) >= 11 is 0. The Morgan fingerprint density at radius 2 is 0.508 bits per heavy atom. The van der Waals surface area contributed by atoms with Gasteiger partial charge in [-0.2, -0.15) is 0 Å². The SMILES string of the molecule is [2H]c1c(C([2H])([2H])[C@@H]2NC(=O)OC2([2H])[2H])c([2H])c2c(C([2H])([2H])CN(C([2H])([2H])[2H])C([2H])([2H])[2H])c[nH]c2c1[2H].[2H]c1c(C([2H])([2H])[C@@H]2NC(=O)OC2([2H])[2H])c([2H])c2c(C([2H])([2H])CN(C)C([2H])([2H])[2H])c[nH]c2c1[2H].[2H]c1c(C([2H])([2H])[C@@H]2NC(=O)OC2([2H])[2H])c([2H])c2c(C([2H])([2H])CN(C)C)c[nH]c2c1[2H].[2H]c1c(C([2H])([2H])[C@@H]2NC(=O)OC2([2H])[2H])c([2H])c2c(CC([2H])([2H])N(C([2H])([2H])[2H])C([2H])([2H])[2H])c[nH]c2c1[2H].[2H]c1c(C([2H])([2H])[C@@H]2NC(=O)OC2([2H])[2H])c([2H])c2c(CC([2H])([2H])N(C)C([2H])([2H])[2H])c[nH]c2c1[2H].[2H]c1c(C([2H])([2H])[C@@H]2NC(=O)OC2([2H])[2H])c([2H])c2c(CC([2H])([2H])N(C)C)c[nH]c2c1[2H]. The summed E-state index contributed by atoms with van der Waals surface area (Å²) in [5, 5.41) is 10.9. The molecule has 6 aliphatic heterocycles. The smallest absolute Gasteiger partial charge is 0.407 e. The molecule has 6 atom stereocenters. The van der Waals surface area contributed by atoms with Crippen molar-refractivity contribution in [2.24, 2.45) is 0 Å². The number of hydrogen-bond donors (Lipinski definition) is 12. The summed E-state index contributed by atoms with van der Waals surface area (Å²) in [7, 11) is 8.68. The van der Waals surface area contributed by atoms with E-state index < -0.39 is 410 Å². The summed E-state index contributed by atoms with van der Waals surface area (Å²) in [6.45, 7) is -44.6. The number of aromatic amines is 6. The first-order chi connectivity index (χ1) is 88.9. The molecule has 126 heavy (non-hydrogen) atoms. The number of carbonyl (C=O) groups is 6. The lowest BCUT2D eigenvalue weighted by molar-refractivity contribution is 0.176. The average Bonchev–Trinajstić information content (AvgIpc) is 1.56. The lowest BCUT2D eigenvalue weighted by Crippen LogP contribution is -2.28. The van der Waals surface area contributed by atoms with Gasteiger partial charge < -0.3 is 120 Å². The van der Waals surface area contributed by atoms with Crippen molar-refractivity contribution in [1.82, 2.24) is 91.2 Å². The molecule has 0 spiro atoms. The van der Waals surface area contributed by atoms with Gasteiger partial charge in [0.2, 0.25) is 0 Å². The van der Waals surface area contributed by atoms with Gasteiger partial charge in [0.1, 0.15) is 39.4 Å². The third-order valence-corrected chi connectivity index (χ3v) is 16.9. The van der Waals surface area contributed by atoms with Gasteiger partial charge in [0.25, 0.3) is 0 Å². The number of likely N-dealkylation sites (N-methyl/N-ethyl adjacent to an activating group) is 6. The minimum Gasteiger partial charge on any atom is -0.447 e. The van der Waals surface area contributed by atoms with Crippen LogP contribution in [0.1, 0.15) is 165 Å². The number of ether oxygens (including phenoxy) is 6. The van der Waals surface area contributed by atoms with E-state index in [1.165, 1.54) is 30.5 Å². The monoisotopic (exact) mass is 1800 g/mol. The first-order valence-corrected chi connectivity index (χ1v) is 36.9. The normalized spacial score (nSPS) is 31.0. The number of rotatable bonds is 30. The van der Waals surface area contributed by atoms with E-state index in [9.17, 15) is 28.8 Å². The molecule has 30 heteroatoms. The van der Waals surface area contributed by atoms with Crippen LogP contribution in [0.5, 0.6) is 0 Å². The maximum absolute atomic E-state index is 11.6. The second kappa shape index (κ2) is 43.7. The van der Waals surface area contributed by atoms with Crippen LogP contribution in [0.2, 0.25) is 0 Å². The van der Waals surface area contributed by atoms with Crippen LogP contribution in [-0.4, -0.2) is 295 Å². The molecule has 6 aliphatic rings. The minimum absolute atomic E-state index is 0.0110. The quantitative estimate of drug-likeness (QED) is 0.0186. The second-order valence-electron chi connectivity index (χ2n) is 26.9. The first-order valence-electron chi connectivity index (χ1n) is 72.9. The van der Waals surface area contributed by atoms with E-state index in [-0.39, 0.29) is 105 Å². The molecule has 0 saturated carbocycles. The standard InChI is InChI=1S/6C16H21N3O2/c6*1-19(2)6-5-12-9-17-15-4-3-11(8-14(12)15)7-13-10-21-16(20)18-13/h6*3-4,8-9,13,17H,5-7,10H2,1-2H3,(H,18,20)/t6*13-/m000000/s1/i1D3,2D3,3D,4D,6D2,7D2,8D,10D2;1D3,2D3,3D,4D,5D2,7D2,8D,10D2;1D3,3D,4D,6D2,7D2,8D,10D2;1D3,3D,4D,5D2,7D2,8D,10D2;3D,4D,6D2,7D2,8D,10D2;3D,4D,5D2,7D2,8D,10D2. The third-order valence-electron chi connectivity index (χ3n) is 16.9. The van der Waals surface area contributed by atoms with E-state index >= 15 is 0 Å². The van der Waals surface area contributed by atoms with E-state index in [2.05, 4.69) is 63.6 Å². The van der Waals surface area contributed by atoms with Crippen LogP contribution in [0.25, 0.3) is 65.4 Å². The van der Waals surface area contributed by atoms with Crippen LogP contribution < -0.4 is 31.9 Å². The molecule has 12 N–H and O–H groups in total. The molecule has 0 unspecified atom stereocenters. The molecule has 6 aromatic carbocycles. The van der Waals surface area contributed by atoms with Crippen molar-refractivity contribution < 1.29 is 156 Å². The highest BCUT2D eigenvalue weighted by Crippen LogP contribution is 2.29. The molecule has 0 radical (unpaired) electrons. The molecule has 6 amide bonds. The molecule has 6 fully saturated rings. The highest BCUT2D eigenvalue weighted by atomic mass is 16.6. The molecule has 12 aromatic rings. The fourth-order valence-electron chi connectivity index (χ4n) is 11.2. The number of nitrogens with zero attached hydrogens (tertiary/aromatic N) is 6. The largest absolute Gasteiger partial charge is 0.447 e. The second-order valence-corrected chi connectivity index (χ2v) is 26.9. The van der Waals surface area contributed by atoms with Crippen LogP contribution in [0.3, 0.4) is 0 Å². The predicted octanol–water partition coefficient (Wildman–Crippen LogP) is 11.5. The number of hydrogen-bond acceptors (Lipinski definition) is 18. The molecule has 30 nitrogen and oxygen atoms in total. The number of carbonyl (C=O) groups excluding carboxylic acids is 6. The number of nitrogens with one attached hydrogen (secondary N) is 12. The van der Waals surface area contributed by atoms with Crippen LogP contribution in [0.15, 0.2) is 146 Å². The Bertz CT molecular complexity index is 9330. The zero-order valence-electron chi connectivity index (χ0n) is 139. The number of cyclic esters (lactones) is 6. The van der Waals surface area contributed by atoms with Crippen molar-refractivity contribution in [3.05, 3.63) is 213 Å². The fraction of sp³-hybridized carbons (Fsp3) is 0.438. The van der Waals surface area contributed by atoms with Gasteiger partial charge in [-0.3, -0.25) is 0 Å². The number of H-pyrrole nitrogens is 6. The van der Waals surface area contributed by atoms with E-state index in [1.54, 1.807) is 33.1 Å². The molecule has 672 valence electrons. The molecule has 18 rings (SSSR count). The number of amides is 6. The average molecular weight is 1800 g/mol. The molecule has 0 bridgehead atoms. The lowest BCUT2D eigenvalue weighted by atomic mass is 10.0. The summed E-state index contributed by atoms with van der Waals surface area (Å²) in [5.41, 5.74) is -5.30. The zero-order valence-corrected chi connectivity index (χ0v) is 66.8. The van der Waals surface area contributed by atoms with Crippen molar-refractivity contribution in [2.45, 2.75) is 113 Å². The topological polar surface area (TPSA) is 344 Å². The van der Waals surface area contributed by atoms with Crippen molar-refractivity contribution in [3.63, 3.8) is 0 Å². The first kappa shape index (κ1) is 37.1. The van der Waals surface area contributed by atoms with E-state index in [0.29, 0.717) is 10.5 Å². The number of benzene rings is 6. The van der Waals surface area contributed by atoms with Gasteiger partial charge in [-0.05, 0) is 300 Å². The van der Waals surface area contributed by atoms with Crippen molar-refractivity contribution >= 4 is 102 Å². The number of alkyl carbamates (subject to hydrolysis) is 6. The Hall–Kier alpha value is -12.1. The highest BCUT2D eigenvalue weighted by molar-refractivity contribution is 5.88. The summed E-state index contributed by atoms with van der Waals surface area (Å²) in [4.78, 5) is 89.1. The van der Waals surface area contributed by atoms with Crippen LogP contribution in [-0.2, 0) is 105 Å². The lowest BCUT2D eigenvalue weighted by Gasteiger charge is -2.09. The van der Waals surface area contributed by atoms with Gasteiger partial charge in [0.05, 0.1) is 77.4 Å². The predicted molar refractivity (Wildman–Crippen MR) is 495 cm³/mol.